The summed E-state index contributed by atoms with van der Waals surface area (Å²) in [6, 6.07) is 0. The molecule has 1 heteroatoms. The molecule has 1 rings (SSSR count). The maximum atomic E-state index is 2.41. The molecular formula is C9H16S. The van der Waals surface area contributed by atoms with Crippen LogP contribution in [0.1, 0.15) is 26.2 Å². The van der Waals surface area contributed by atoms with Gasteiger partial charge in [-0.2, -0.15) is 11.8 Å². The molecule has 58 valence electrons. The van der Waals surface area contributed by atoms with Crippen molar-refractivity contribution in [1.82, 2.24) is 0 Å². The SMILES string of the molecule is CSCC1CC=C(C)CC1. The van der Waals surface area contributed by atoms with Crippen LogP contribution in [0, 0.1) is 5.92 Å². The quantitative estimate of drug-likeness (QED) is 0.554. The monoisotopic (exact) mass is 156 g/mol. The number of hydrogen-bond donors (Lipinski definition) is 0. The van der Waals surface area contributed by atoms with Crippen molar-refractivity contribution in [3.8, 4) is 0 Å². The summed E-state index contributed by atoms with van der Waals surface area (Å²) >= 11 is 1.98. The smallest absolute Gasteiger partial charge is 0.00388 e. The lowest BCUT2D eigenvalue weighted by atomic mass is 9.92. The van der Waals surface area contributed by atoms with E-state index in [9.17, 15) is 0 Å². The molecule has 1 aliphatic rings. The summed E-state index contributed by atoms with van der Waals surface area (Å²) in [7, 11) is 0. The van der Waals surface area contributed by atoms with Crippen LogP contribution in [0.2, 0.25) is 0 Å². The van der Waals surface area contributed by atoms with Gasteiger partial charge in [-0.3, -0.25) is 0 Å². The molecule has 0 amide bonds. The van der Waals surface area contributed by atoms with E-state index >= 15 is 0 Å². The maximum absolute atomic E-state index is 2.41. The van der Waals surface area contributed by atoms with Crippen LogP contribution in [0.5, 0.6) is 0 Å². The second kappa shape index (κ2) is 4.07. The molecule has 0 saturated heterocycles. The first-order valence-electron chi connectivity index (χ1n) is 3.97. The van der Waals surface area contributed by atoms with Crippen molar-refractivity contribution in [2.24, 2.45) is 5.92 Å². The van der Waals surface area contributed by atoms with Crippen LogP contribution in [0.3, 0.4) is 0 Å². The van der Waals surface area contributed by atoms with E-state index in [2.05, 4.69) is 19.3 Å². The Bertz CT molecular complexity index is 127. The molecule has 1 atom stereocenters. The highest BCUT2D eigenvalue weighted by Crippen LogP contribution is 2.25. The third kappa shape index (κ3) is 2.37. The molecule has 0 saturated carbocycles. The van der Waals surface area contributed by atoms with E-state index < -0.39 is 0 Å². The predicted octanol–water partition coefficient (Wildman–Crippen LogP) is 3.10. The lowest BCUT2D eigenvalue weighted by Gasteiger charge is -2.18. The highest BCUT2D eigenvalue weighted by molar-refractivity contribution is 7.98. The molecule has 0 heterocycles. The molecule has 0 spiro atoms. The summed E-state index contributed by atoms with van der Waals surface area (Å²) < 4.78 is 0. The van der Waals surface area contributed by atoms with Gasteiger partial charge in [0.2, 0.25) is 0 Å². The molecule has 0 aromatic heterocycles. The van der Waals surface area contributed by atoms with Crippen molar-refractivity contribution in [3.63, 3.8) is 0 Å². The van der Waals surface area contributed by atoms with Gasteiger partial charge in [0.1, 0.15) is 0 Å². The Morgan fingerprint density at radius 3 is 3.00 bits per heavy atom. The Hall–Kier alpha value is 0.0900. The second-order valence-corrected chi connectivity index (χ2v) is 4.06. The summed E-state index contributed by atoms with van der Waals surface area (Å²) in [5, 5.41) is 0. The summed E-state index contributed by atoms with van der Waals surface area (Å²) in [6.45, 7) is 2.25. The van der Waals surface area contributed by atoms with Crippen LogP contribution in [-0.2, 0) is 0 Å². The molecule has 0 N–H and O–H groups in total. The van der Waals surface area contributed by atoms with Gasteiger partial charge >= 0.3 is 0 Å². The van der Waals surface area contributed by atoms with E-state index in [0.29, 0.717) is 0 Å². The van der Waals surface area contributed by atoms with E-state index in [4.69, 9.17) is 0 Å². The van der Waals surface area contributed by atoms with Crippen LogP contribution >= 0.6 is 11.8 Å². The fourth-order valence-corrected chi connectivity index (χ4v) is 2.18. The normalized spacial score (nSPS) is 26.2. The molecule has 0 fully saturated rings. The first-order valence-corrected chi connectivity index (χ1v) is 5.37. The van der Waals surface area contributed by atoms with Gasteiger partial charge in [-0.15, -0.1) is 0 Å². The third-order valence-corrected chi connectivity index (χ3v) is 2.95. The molecule has 1 unspecified atom stereocenters. The van der Waals surface area contributed by atoms with Crippen LogP contribution in [0.4, 0.5) is 0 Å². The van der Waals surface area contributed by atoms with Crippen LogP contribution in [0.15, 0.2) is 11.6 Å². The van der Waals surface area contributed by atoms with E-state index in [1.54, 1.807) is 5.57 Å². The number of hydrogen-bond acceptors (Lipinski definition) is 1. The van der Waals surface area contributed by atoms with Gasteiger partial charge in [0.25, 0.3) is 0 Å². The average molecular weight is 156 g/mol. The van der Waals surface area contributed by atoms with Gasteiger partial charge < -0.3 is 0 Å². The average Bonchev–Trinajstić information content (AvgIpc) is 1.95. The minimum Gasteiger partial charge on any atom is -0.165 e. The highest BCUT2D eigenvalue weighted by atomic mass is 32.2. The lowest BCUT2D eigenvalue weighted by molar-refractivity contribution is 0.523. The Morgan fingerprint density at radius 2 is 2.50 bits per heavy atom. The summed E-state index contributed by atoms with van der Waals surface area (Å²) in [5.41, 5.74) is 1.59. The van der Waals surface area contributed by atoms with Crippen molar-refractivity contribution >= 4 is 11.8 Å². The van der Waals surface area contributed by atoms with Crippen molar-refractivity contribution in [2.75, 3.05) is 12.0 Å². The number of allylic oxidation sites excluding steroid dienone is 2. The van der Waals surface area contributed by atoms with E-state index in [1.807, 2.05) is 11.8 Å². The zero-order valence-corrected chi connectivity index (χ0v) is 7.71. The molecular weight excluding hydrogens is 140 g/mol. The summed E-state index contributed by atoms with van der Waals surface area (Å²) in [4.78, 5) is 0. The van der Waals surface area contributed by atoms with Gasteiger partial charge in [0, 0.05) is 0 Å². The van der Waals surface area contributed by atoms with Crippen LogP contribution in [-0.4, -0.2) is 12.0 Å². The molecule has 0 bridgehead atoms. The molecule has 0 aromatic rings. The van der Waals surface area contributed by atoms with Crippen LogP contribution in [0.25, 0.3) is 0 Å². The predicted molar refractivity (Wildman–Crippen MR) is 49.5 cm³/mol. The van der Waals surface area contributed by atoms with Gasteiger partial charge in [-0.1, -0.05) is 11.6 Å². The highest BCUT2D eigenvalue weighted by Gasteiger charge is 2.10. The fraction of sp³-hybridized carbons (Fsp3) is 0.778. The van der Waals surface area contributed by atoms with E-state index in [1.165, 1.54) is 25.0 Å². The second-order valence-electron chi connectivity index (χ2n) is 3.15. The molecule has 1 aliphatic carbocycles. The van der Waals surface area contributed by atoms with Gasteiger partial charge in [-0.05, 0) is 44.1 Å². The third-order valence-electron chi connectivity index (χ3n) is 2.15. The zero-order chi connectivity index (χ0) is 7.40. The van der Waals surface area contributed by atoms with Gasteiger partial charge in [0.15, 0.2) is 0 Å². The number of thioether (sulfide) groups is 1. The molecule has 0 nitrogen and oxygen atoms in total. The topological polar surface area (TPSA) is 0 Å². The maximum Gasteiger partial charge on any atom is -0.00388 e. The fourth-order valence-electron chi connectivity index (χ4n) is 1.41. The van der Waals surface area contributed by atoms with Crippen molar-refractivity contribution in [3.05, 3.63) is 11.6 Å². The molecule has 10 heavy (non-hydrogen) atoms. The minimum atomic E-state index is 0.971. The zero-order valence-electron chi connectivity index (χ0n) is 6.89. The Morgan fingerprint density at radius 1 is 1.70 bits per heavy atom. The van der Waals surface area contributed by atoms with Gasteiger partial charge in [0.05, 0.1) is 0 Å². The Kier molecular flexibility index (Phi) is 3.33. The van der Waals surface area contributed by atoms with Crippen LogP contribution < -0.4 is 0 Å². The first-order chi connectivity index (χ1) is 4.83. The summed E-state index contributed by atoms with van der Waals surface area (Å²) in [5.74, 6) is 2.32. The molecule has 0 radical (unpaired) electrons. The van der Waals surface area contributed by atoms with Gasteiger partial charge in [-0.25, -0.2) is 0 Å². The first kappa shape index (κ1) is 8.19. The van der Waals surface area contributed by atoms with E-state index in [-0.39, 0.29) is 0 Å². The standard InChI is InChI=1S/C9H16S/c1-8-3-5-9(6-4-8)7-10-2/h3,9H,4-7H2,1-2H3. The van der Waals surface area contributed by atoms with E-state index in [0.717, 1.165) is 5.92 Å². The molecule has 0 aromatic carbocycles. The van der Waals surface area contributed by atoms with Crippen molar-refractivity contribution in [1.29, 1.82) is 0 Å². The largest absolute Gasteiger partial charge is 0.165 e. The number of rotatable bonds is 2. The lowest BCUT2D eigenvalue weighted by Crippen LogP contribution is -2.06. The minimum absolute atomic E-state index is 0.971. The van der Waals surface area contributed by atoms with Crippen molar-refractivity contribution in [2.45, 2.75) is 26.2 Å². The molecule has 0 aliphatic heterocycles. The Balaban J connectivity index is 2.27. The Labute approximate surface area is 68.1 Å². The summed E-state index contributed by atoms with van der Waals surface area (Å²) in [6.07, 6.45) is 8.69. The van der Waals surface area contributed by atoms with Crippen molar-refractivity contribution < 1.29 is 0 Å².